The van der Waals surface area contributed by atoms with Gasteiger partial charge >= 0.3 is 0 Å². The minimum Gasteiger partial charge on any atom is -0.490 e. The Hall–Kier alpha value is -2.02. The van der Waals surface area contributed by atoms with Gasteiger partial charge in [-0.15, -0.1) is 0 Å². The molecule has 1 aliphatic rings. The third-order valence-electron chi connectivity index (χ3n) is 2.80. The number of rotatable bonds is 4. The summed E-state index contributed by atoms with van der Waals surface area (Å²) in [6.07, 6.45) is 2.26. The van der Waals surface area contributed by atoms with E-state index in [-0.39, 0.29) is 5.78 Å². The van der Waals surface area contributed by atoms with Crippen LogP contribution in [0.5, 0.6) is 11.5 Å². The first kappa shape index (κ1) is 13.0. The number of hydrogen-bond donors (Lipinski definition) is 1. The van der Waals surface area contributed by atoms with Crippen molar-refractivity contribution in [2.24, 2.45) is 0 Å². The summed E-state index contributed by atoms with van der Waals surface area (Å²) >= 11 is 1.32. The molecule has 1 aliphatic heterocycles. The molecule has 1 aromatic heterocycles. The molecule has 6 nitrogen and oxygen atoms in total. The van der Waals surface area contributed by atoms with Crippen molar-refractivity contribution < 1.29 is 14.3 Å². The summed E-state index contributed by atoms with van der Waals surface area (Å²) < 4.78 is 11.1. The number of hydrogen-bond acceptors (Lipinski definition) is 6. The van der Waals surface area contributed by atoms with Gasteiger partial charge in [-0.1, -0.05) is 11.8 Å². The number of nitrogens with zero attached hydrogens (tertiary/aromatic N) is 2. The molecule has 0 amide bonds. The lowest BCUT2D eigenvalue weighted by molar-refractivity contribution is 0.102. The van der Waals surface area contributed by atoms with Gasteiger partial charge in [0.15, 0.2) is 22.4 Å². The molecule has 0 fully saturated rings. The molecule has 104 valence electrons. The maximum absolute atomic E-state index is 12.1. The third-order valence-corrected chi connectivity index (χ3v) is 3.68. The van der Waals surface area contributed by atoms with Gasteiger partial charge in [0.05, 0.1) is 19.0 Å². The van der Waals surface area contributed by atoms with E-state index in [1.54, 1.807) is 18.2 Å². The van der Waals surface area contributed by atoms with E-state index >= 15 is 0 Å². The molecule has 7 heteroatoms. The summed E-state index contributed by atoms with van der Waals surface area (Å²) in [6, 6.07) is 5.29. The lowest BCUT2D eigenvalue weighted by Crippen LogP contribution is -2.03. The molecule has 0 bridgehead atoms. The highest BCUT2D eigenvalue weighted by Gasteiger charge is 2.14. The van der Waals surface area contributed by atoms with Gasteiger partial charge in [0.25, 0.3) is 0 Å². The smallest absolute Gasteiger partial charge is 0.183 e. The third kappa shape index (κ3) is 2.93. The van der Waals surface area contributed by atoms with Crippen molar-refractivity contribution in [1.29, 1.82) is 0 Å². The van der Waals surface area contributed by atoms with Crippen molar-refractivity contribution >= 4 is 17.5 Å². The number of Topliss-reactive ketones (excluding diaryl/α,β-unsaturated/α-hetero) is 1. The van der Waals surface area contributed by atoms with Gasteiger partial charge < -0.3 is 9.47 Å². The van der Waals surface area contributed by atoms with E-state index in [0.717, 1.165) is 6.42 Å². The van der Waals surface area contributed by atoms with Gasteiger partial charge in [0.2, 0.25) is 0 Å². The molecule has 2 heterocycles. The number of nitrogens with one attached hydrogen (secondary N) is 1. The zero-order chi connectivity index (χ0) is 13.8. The number of H-pyrrole nitrogens is 1. The second kappa shape index (κ2) is 5.96. The molecule has 3 rings (SSSR count). The summed E-state index contributed by atoms with van der Waals surface area (Å²) in [4.78, 5) is 16.1. The summed E-state index contributed by atoms with van der Waals surface area (Å²) in [6.45, 7) is 1.25. The van der Waals surface area contributed by atoms with Crippen LogP contribution < -0.4 is 9.47 Å². The average molecular weight is 291 g/mol. The average Bonchev–Trinajstić information content (AvgIpc) is 2.88. The second-order valence-corrected chi connectivity index (χ2v) is 5.18. The molecule has 1 aromatic carbocycles. The zero-order valence-corrected chi connectivity index (χ0v) is 11.5. The quantitative estimate of drug-likeness (QED) is 0.685. The normalized spacial score (nSPS) is 13.8. The zero-order valence-electron chi connectivity index (χ0n) is 10.7. The van der Waals surface area contributed by atoms with Gasteiger partial charge in [0, 0.05) is 12.0 Å². The van der Waals surface area contributed by atoms with Gasteiger partial charge in [-0.25, -0.2) is 4.98 Å². The predicted octanol–water partition coefficient (Wildman–Crippen LogP) is 1.94. The first-order chi connectivity index (χ1) is 9.83. The highest BCUT2D eigenvalue weighted by Crippen LogP contribution is 2.30. The van der Waals surface area contributed by atoms with Crippen LogP contribution in [-0.2, 0) is 0 Å². The molecule has 0 aliphatic carbocycles. The molecule has 0 atom stereocenters. The summed E-state index contributed by atoms with van der Waals surface area (Å²) in [5.74, 6) is 1.65. The Morgan fingerprint density at radius 1 is 1.30 bits per heavy atom. The fraction of sp³-hybridized carbons (Fsp3) is 0.308. The Labute approximate surface area is 119 Å². The van der Waals surface area contributed by atoms with E-state index in [0.29, 0.717) is 41.2 Å². The van der Waals surface area contributed by atoms with Crippen LogP contribution >= 0.6 is 11.8 Å². The Balaban J connectivity index is 1.70. The highest BCUT2D eigenvalue weighted by atomic mass is 32.2. The highest BCUT2D eigenvalue weighted by molar-refractivity contribution is 7.99. The minimum atomic E-state index is 0.0158. The Morgan fingerprint density at radius 2 is 2.15 bits per heavy atom. The van der Waals surface area contributed by atoms with Crippen LogP contribution in [0.3, 0.4) is 0 Å². The Kier molecular flexibility index (Phi) is 3.87. The molecular formula is C13H13N3O3S. The van der Waals surface area contributed by atoms with E-state index in [1.807, 2.05) is 0 Å². The van der Waals surface area contributed by atoms with Crippen LogP contribution in [0.4, 0.5) is 0 Å². The topological polar surface area (TPSA) is 77.1 Å². The van der Waals surface area contributed by atoms with E-state index in [9.17, 15) is 4.79 Å². The van der Waals surface area contributed by atoms with Gasteiger partial charge in [-0.05, 0) is 18.2 Å². The largest absolute Gasteiger partial charge is 0.490 e. The molecule has 1 N–H and O–H groups in total. The van der Waals surface area contributed by atoms with Crippen molar-refractivity contribution in [1.82, 2.24) is 15.2 Å². The van der Waals surface area contributed by atoms with Crippen LogP contribution in [0.15, 0.2) is 29.7 Å². The molecule has 0 unspecified atom stereocenters. The van der Waals surface area contributed by atoms with E-state index in [1.165, 1.54) is 18.1 Å². The molecule has 0 saturated carbocycles. The van der Waals surface area contributed by atoms with Crippen LogP contribution in [0, 0.1) is 0 Å². The summed E-state index contributed by atoms with van der Waals surface area (Å²) in [5, 5.41) is 7.08. The SMILES string of the molecule is O=C(CSc1ncn[nH]1)c1ccc2c(c1)OCCCO2. The van der Waals surface area contributed by atoms with E-state index in [4.69, 9.17) is 9.47 Å². The number of carbonyl (C=O) groups excluding carboxylic acids is 1. The number of benzene rings is 1. The number of aromatic nitrogens is 3. The van der Waals surface area contributed by atoms with Crippen molar-refractivity contribution in [3.8, 4) is 11.5 Å². The van der Waals surface area contributed by atoms with Crippen LogP contribution in [0.1, 0.15) is 16.8 Å². The number of thioether (sulfide) groups is 1. The summed E-state index contributed by atoms with van der Waals surface area (Å²) in [7, 11) is 0. The first-order valence-corrected chi connectivity index (χ1v) is 7.22. The lowest BCUT2D eigenvalue weighted by Gasteiger charge is -2.08. The van der Waals surface area contributed by atoms with Gasteiger partial charge in [-0.3, -0.25) is 9.89 Å². The fourth-order valence-corrected chi connectivity index (χ4v) is 2.49. The van der Waals surface area contributed by atoms with Crippen molar-refractivity contribution in [3.05, 3.63) is 30.1 Å². The summed E-state index contributed by atoms with van der Waals surface area (Å²) in [5.41, 5.74) is 0.612. The number of ether oxygens (including phenoxy) is 2. The van der Waals surface area contributed by atoms with Crippen molar-refractivity contribution in [2.75, 3.05) is 19.0 Å². The number of aromatic amines is 1. The molecule has 0 saturated heterocycles. The number of carbonyl (C=O) groups is 1. The van der Waals surface area contributed by atoms with Crippen LogP contribution in [-0.4, -0.2) is 39.9 Å². The standard InChI is InChI=1S/C13H13N3O3S/c17-10(7-20-13-14-8-15-16-13)9-2-3-11-12(6-9)19-5-1-4-18-11/h2-3,6,8H,1,4-5,7H2,(H,14,15,16). The van der Waals surface area contributed by atoms with Crippen molar-refractivity contribution in [2.45, 2.75) is 11.6 Å². The molecule has 0 spiro atoms. The molecule has 2 aromatic rings. The fourth-order valence-electron chi connectivity index (χ4n) is 1.82. The van der Waals surface area contributed by atoms with E-state index < -0.39 is 0 Å². The number of ketones is 1. The Bertz CT molecular complexity index is 601. The molecular weight excluding hydrogens is 278 g/mol. The van der Waals surface area contributed by atoms with Crippen molar-refractivity contribution in [3.63, 3.8) is 0 Å². The van der Waals surface area contributed by atoms with Crippen LogP contribution in [0.2, 0.25) is 0 Å². The van der Waals surface area contributed by atoms with Crippen LogP contribution in [0.25, 0.3) is 0 Å². The van der Waals surface area contributed by atoms with Gasteiger partial charge in [-0.2, -0.15) is 5.10 Å². The van der Waals surface area contributed by atoms with Gasteiger partial charge in [0.1, 0.15) is 6.33 Å². The predicted molar refractivity (Wildman–Crippen MR) is 73.5 cm³/mol. The maximum atomic E-state index is 12.1. The minimum absolute atomic E-state index is 0.0158. The first-order valence-electron chi connectivity index (χ1n) is 6.24. The monoisotopic (exact) mass is 291 g/mol. The number of fused-ring (bicyclic) bond motifs is 1. The van der Waals surface area contributed by atoms with E-state index in [2.05, 4.69) is 15.2 Å². The maximum Gasteiger partial charge on any atom is 0.183 e. The lowest BCUT2D eigenvalue weighted by atomic mass is 10.1. The Morgan fingerprint density at radius 3 is 2.95 bits per heavy atom. The molecule has 20 heavy (non-hydrogen) atoms. The second-order valence-electron chi connectivity index (χ2n) is 4.21. The molecule has 0 radical (unpaired) electrons.